The number of nitrogens with zero attached hydrogens (tertiary/aromatic N) is 2. The maximum atomic E-state index is 12.5. The zero-order valence-corrected chi connectivity index (χ0v) is 17.6. The maximum absolute atomic E-state index is 12.5. The molecule has 148 valence electrons. The van der Waals surface area contributed by atoms with Gasteiger partial charge in [-0.15, -0.1) is 0 Å². The summed E-state index contributed by atoms with van der Waals surface area (Å²) in [5.74, 6) is -1.19. The summed E-state index contributed by atoms with van der Waals surface area (Å²) < 4.78 is 0.659. The Balaban J connectivity index is 1.75. The molecule has 0 radical (unpaired) electrons. The van der Waals surface area contributed by atoms with Crippen molar-refractivity contribution in [2.24, 2.45) is 0 Å². The zero-order chi connectivity index (χ0) is 21.1. The highest BCUT2D eigenvalue weighted by Gasteiger charge is 2.36. The summed E-state index contributed by atoms with van der Waals surface area (Å²) >= 11 is 9.72. The van der Waals surface area contributed by atoms with E-state index in [1.165, 1.54) is 24.3 Å². The number of nitro benzene ring substituents is 1. The van der Waals surface area contributed by atoms with Crippen molar-refractivity contribution in [3.8, 4) is 0 Å². The van der Waals surface area contributed by atoms with Crippen LogP contribution in [0.2, 0.25) is 5.02 Å². The molecule has 1 aliphatic rings. The van der Waals surface area contributed by atoms with Gasteiger partial charge in [0, 0.05) is 10.5 Å². The number of hydrogen-bond acceptors (Lipinski definition) is 6. The molecule has 29 heavy (non-hydrogen) atoms. The number of amides is 3. The molecule has 2 aromatic carbocycles. The van der Waals surface area contributed by atoms with Crippen LogP contribution >= 0.6 is 39.3 Å². The highest BCUT2D eigenvalue weighted by molar-refractivity contribution is 9.10. The molecule has 3 rings (SSSR count). The normalized spacial score (nSPS) is 15.1. The van der Waals surface area contributed by atoms with E-state index in [4.69, 9.17) is 11.6 Å². The van der Waals surface area contributed by atoms with E-state index in [2.05, 4.69) is 21.2 Å². The number of hydrogen-bond donors (Lipinski definition) is 1. The van der Waals surface area contributed by atoms with Crippen LogP contribution < -0.4 is 5.32 Å². The number of carbonyl (C=O) groups excluding carboxylic acids is 3. The fourth-order valence-electron chi connectivity index (χ4n) is 2.44. The van der Waals surface area contributed by atoms with Gasteiger partial charge in [0.05, 0.1) is 15.5 Å². The summed E-state index contributed by atoms with van der Waals surface area (Å²) in [5, 5.41) is 13.0. The molecule has 8 nitrogen and oxygen atoms in total. The number of halogens is 2. The van der Waals surface area contributed by atoms with Gasteiger partial charge in [-0.05, 0) is 57.5 Å². The summed E-state index contributed by atoms with van der Waals surface area (Å²) in [7, 11) is 0. The Hall–Kier alpha value is -2.69. The van der Waals surface area contributed by atoms with Gasteiger partial charge in [-0.2, -0.15) is 0 Å². The molecule has 0 saturated carbocycles. The molecule has 0 spiro atoms. The lowest BCUT2D eigenvalue weighted by atomic mass is 10.2. The minimum Gasteiger partial charge on any atom is -0.324 e. The third-order valence-corrected chi connectivity index (χ3v) is 5.71. The molecule has 1 saturated heterocycles. The van der Waals surface area contributed by atoms with Gasteiger partial charge in [0.1, 0.15) is 11.6 Å². The van der Waals surface area contributed by atoms with Crippen LogP contribution in [0.5, 0.6) is 0 Å². The number of nitro groups is 1. The number of benzene rings is 2. The average molecular weight is 497 g/mol. The van der Waals surface area contributed by atoms with E-state index in [1.54, 1.807) is 24.3 Å². The van der Waals surface area contributed by atoms with E-state index >= 15 is 0 Å². The summed E-state index contributed by atoms with van der Waals surface area (Å²) in [4.78, 5) is 48.2. The molecule has 3 amide bonds. The van der Waals surface area contributed by atoms with Crippen molar-refractivity contribution in [2.45, 2.75) is 0 Å². The molecule has 1 fully saturated rings. The molecular weight excluding hydrogens is 486 g/mol. The van der Waals surface area contributed by atoms with E-state index < -0.39 is 28.5 Å². The van der Waals surface area contributed by atoms with Crippen molar-refractivity contribution in [3.05, 3.63) is 72.5 Å². The van der Waals surface area contributed by atoms with Crippen LogP contribution in [0.4, 0.5) is 16.2 Å². The molecule has 0 atom stereocenters. The number of anilines is 1. The monoisotopic (exact) mass is 495 g/mol. The van der Waals surface area contributed by atoms with Gasteiger partial charge in [-0.3, -0.25) is 29.4 Å². The second kappa shape index (κ2) is 8.76. The standard InChI is InChI=1S/C18H11BrClN3O5S/c19-11-3-1-2-4-13(11)21-16(24)9-22-17(25)15(29-18(22)26)8-10-5-6-12(20)14(7-10)23(27)28/h1-8H,9H2,(H,21,24)/b15-8-. The SMILES string of the molecule is O=C(CN1C(=O)S/C(=C\c2ccc(Cl)c([N+](=O)[O-])c2)C1=O)Nc1ccccc1Br. The van der Waals surface area contributed by atoms with E-state index in [0.29, 0.717) is 27.5 Å². The van der Waals surface area contributed by atoms with Crippen LogP contribution in [0.25, 0.3) is 6.08 Å². The molecular formula is C18H11BrClN3O5S. The second-order valence-electron chi connectivity index (χ2n) is 5.76. The molecule has 1 heterocycles. The Bertz CT molecular complexity index is 1080. The van der Waals surface area contributed by atoms with Gasteiger partial charge in [-0.25, -0.2) is 0 Å². The number of para-hydroxylation sites is 1. The van der Waals surface area contributed by atoms with E-state index in [1.807, 2.05) is 0 Å². The third kappa shape index (κ3) is 4.84. The molecule has 2 aromatic rings. The lowest BCUT2D eigenvalue weighted by Crippen LogP contribution is -2.36. The predicted molar refractivity (Wildman–Crippen MR) is 114 cm³/mol. The Morgan fingerprint density at radius 3 is 2.69 bits per heavy atom. The zero-order valence-electron chi connectivity index (χ0n) is 14.4. The van der Waals surface area contributed by atoms with Crippen LogP contribution in [-0.2, 0) is 9.59 Å². The second-order valence-corrected chi connectivity index (χ2v) is 8.02. The minimum absolute atomic E-state index is 0.0380. The van der Waals surface area contributed by atoms with Crippen LogP contribution in [-0.4, -0.2) is 33.4 Å². The number of carbonyl (C=O) groups is 3. The Morgan fingerprint density at radius 2 is 2.00 bits per heavy atom. The Kier molecular flexibility index (Phi) is 6.36. The van der Waals surface area contributed by atoms with Crippen LogP contribution in [0.15, 0.2) is 51.8 Å². The number of nitrogens with one attached hydrogen (secondary N) is 1. The largest absolute Gasteiger partial charge is 0.324 e. The summed E-state index contributed by atoms with van der Waals surface area (Å²) in [6.07, 6.45) is 1.35. The van der Waals surface area contributed by atoms with Crippen molar-refractivity contribution in [3.63, 3.8) is 0 Å². The first-order chi connectivity index (χ1) is 13.8. The number of imide groups is 1. The van der Waals surface area contributed by atoms with Crippen molar-refractivity contribution in [2.75, 3.05) is 11.9 Å². The summed E-state index contributed by atoms with van der Waals surface area (Å²) in [6, 6.07) is 10.9. The molecule has 0 bridgehead atoms. The smallest absolute Gasteiger partial charge is 0.294 e. The van der Waals surface area contributed by atoms with Gasteiger partial charge < -0.3 is 5.32 Å². The van der Waals surface area contributed by atoms with Crippen LogP contribution in [0.3, 0.4) is 0 Å². The van der Waals surface area contributed by atoms with Crippen LogP contribution in [0, 0.1) is 10.1 Å². The van der Waals surface area contributed by atoms with E-state index in [0.717, 1.165) is 4.90 Å². The van der Waals surface area contributed by atoms with Crippen molar-refractivity contribution < 1.29 is 19.3 Å². The predicted octanol–water partition coefficient (Wildman–Crippen LogP) is 4.69. The number of thioether (sulfide) groups is 1. The van der Waals surface area contributed by atoms with Crippen molar-refractivity contribution in [1.29, 1.82) is 0 Å². The highest BCUT2D eigenvalue weighted by atomic mass is 79.9. The van der Waals surface area contributed by atoms with Crippen LogP contribution in [0.1, 0.15) is 5.56 Å². The van der Waals surface area contributed by atoms with E-state index in [9.17, 15) is 24.5 Å². The lowest BCUT2D eigenvalue weighted by molar-refractivity contribution is -0.384. The molecule has 1 aliphatic heterocycles. The molecule has 11 heteroatoms. The number of rotatable bonds is 5. The quantitative estimate of drug-likeness (QED) is 0.365. The Morgan fingerprint density at radius 1 is 1.28 bits per heavy atom. The first-order valence-corrected chi connectivity index (χ1v) is 9.98. The van der Waals surface area contributed by atoms with Crippen molar-refractivity contribution in [1.82, 2.24) is 4.90 Å². The van der Waals surface area contributed by atoms with Gasteiger partial charge >= 0.3 is 0 Å². The average Bonchev–Trinajstić information content (AvgIpc) is 2.92. The summed E-state index contributed by atoms with van der Waals surface area (Å²) in [5.41, 5.74) is 0.533. The first kappa shape index (κ1) is 21.0. The fourth-order valence-corrected chi connectivity index (χ4v) is 3.85. The topological polar surface area (TPSA) is 110 Å². The molecule has 0 unspecified atom stereocenters. The first-order valence-electron chi connectivity index (χ1n) is 8.00. The Labute approximate surface area is 182 Å². The highest BCUT2D eigenvalue weighted by Crippen LogP contribution is 2.33. The van der Waals surface area contributed by atoms with Gasteiger partial charge in [0.25, 0.3) is 16.8 Å². The third-order valence-electron chi connectivity index (χ3n) is 3.79. The van der Waals surface area contributed by atoms with Gasteiger partial charge in [0.2, 0.25) is 5.91 Å². The molecule has 0 aliphatic carbocycles. The summed E-state index contributed by atoms with van der Waals surface area (Å²) in [6.45, 7) is -0.454. The minimum atomic E-state index is -0.653. The molecule has 0 aromatic heterocycles. The molecule has 1 N–H and O–H groups in total. The lowest BCUT2D eigenvalue weighted by Gasteiger charge is -2.13. The fraction of sp³-hybridized carbons (Fsp3) is 0.0556. The van der Waals surface area contributed by atoms with Gasteiger partial charge in [-0.1, -0.05) is 29.8 Å². The van der Waals surface area contributed by atoms with E-state index in [-0.39, 0.29) is 15.6 Å². The van der Waals surface area contributed by atoms with Crippen molar-refractivity contribution >= 4 is 73.8 Å². The van der Waals surface area contributed by atoms with Gasteiger partial charge in [0.15, 0.2) is 0 Å². The maximum Gasteiger partial charge on any atom is 0.294 e.